The van der Waals surface area contributed by atoms with Gasteiger partial charge in [0.25, 0.3) is 0 Å². The van der Waals surface area contributed by atoms with Crippen LogP contribution in [0.4, 0.5) is 0 Å². The summed E-state index contributed by atoms with van der Waals surface area (Å²) >= 11 is 0. The Morgan fingerprint density at radius 1 is 1.00 bits per heavy atom. The summed E-state index contributed by atoms with van der Waals surface area (Å²) in [6.45, 7) is 12.0. The molecule has 0 aliphatic carbocycles. The van der Waals surface area contributed by atoms with Gasteiger partial charge in [-0.3, -0.25) is 9.69 Å². The molecule has 0 unspecified atom stereocenters. The minimum Gasteiger partial charge on any atom is -0.507 e. The quantitative estimate of drug-likeness (QED) is 0.604. The van der Waals surface area contributed by atoms with E-state index >= 15 is 0 Å². The summed E-state index contributed by atoms with van der Waals surface area (Å²) < 4.78 is 6.01. The Morgan fingerprint density at radius 2 is 1.62 bits per heavy atom. The van der Waals surface area contributed by atoms with Crippen LogP contribution in [-0.4, -0.2) is 53.4 Å². The van der Waals surface area contributed by atoms with Crippen molar-refractivity contribution in [3.63, 3.8) is 0 Å². The molecule has 0 radical (unpaired) electrons. The Morgan fingerprint density at radius 3 is 2.22 bits per heavy atom. The van der Waals surface area contributed by atoms with Crippen molar-refractivity contribution in [3.05, 3.63) is 64.4 Å². The van der Waals surface area contributed by atoms with Crippen LogP contribution in [-0.2, 0) is 6.54 Å². The predicted octanol–water partition coefficient (Wildman–Crippen LogP) is 5.11. The molecule has 1 N–H and O–H groups in total. The second kappa shape index (κ2) is 11.2. The van der Waals surface area contributed by atoms with E-state index in [2.05, 4.69) is 42.7 Å². The standard InChI is InChI=1S/C25H30N2O3.2ClH/c1-4-26-11-13-27(14-12-26)16-21-22(28)10-9-20-24(29)23(30-25(20)21)15-18-5-7-19(8-6-18)17(2)3;;/h5-10,15,17,28H,4,11-14,16H2,1-3H3;2*1H/b23-15-;;. The molecule has 1 fully saturated rings. The highest BCUT2D eigenvalue weighted by molar-refractivity contribution is 6.15. The molecule has 0 atom stereocenters. The molecule has 0 saturated carbocycles. The van der Waals surface area contributed by atoms with Gasteiger partial charge in [0, 0.05) is 32.7 Å². The number of carbonyl (C=O) groups is 1. The van der Waals surface area contributed by atoms with Gasteiger partial charge in [0.05, 0.1) is 11.1 Å². The number of piperazine rings is 1. The van der Waals surface area contributed by atoms with Gasteiger partial charge in [-0.05, 0) is 41.8 Å². The van der Waals surface area contributed by atoms with E-state index < -0.39 is 0 Å². The number of aromatic hydroxyl groups is 1. The molecular weight excluding hydrogens is 447 g/mol. The Hall–Kier alpha value is -2.05. The summed E-state index contributed by atoms with van der Waals surface area (Å²) in [6, 6.07) is 11.4. The van der Waals surface area contributed by atoms with E-state index in [-0.39, 0.29) is 36.3 Å². The highest BCUT2D eigenvalue weighted by atomic mass is 35.5. The number of halogens is 2. The van der Waals surface area contributed by atoms with Gasteiger partial charge in [-0.25, -0.2) is 0 Å². The average Bonchev–Trinajstić information content (AvgIpc) is 3.06. The monoisotopic (exact) mass is 478 g/mol. The molecule has 0 bridgehead atoms. The number of phenolic OH excluding ortho intramolecular Hbond substituents is 1. The topological polar surface area (TPSA) is 53.0 Å². The lowest BCUT2D eigenvalue weighted by Crippen LogP contribution is -2.45. The van der Waals surface area contributed by atoms with Gasteiger partial charge >= 0.3 is 0 Å². The van der Waals surface area contributed by atoms with Gasteiger partial charge in [0.15, 0.2) is 5.76 Å². The van der Waals surface area contributed by atoms with Crippen molar-refractivity contribution in [1.29, 1.82) is 0 Å². The molecule has 7 heteroatoms. The Bertz CT molecular complexity index is 966. The zero-order chi connectivity index (χ0) is 21.3. The van der Waals surface area contributed by atoms with E-state index in [4.69, 9.17) is 4.74 Å². The summed E-state index contributed by atoms with van der Waals surface area (Å²) in [5, 5.41) is 10.5. The normalized spacial score (nSPS) is 17.6. The third kappa shape index (κ3) is 5.46. The third-order valence-electron chi connectivity index (χ3n) is 6.11. The molecule has 0 spiro atoms. The molecule has 1 saturated heterocycles. The number of ketones is 1. The second-order valence-electron chi connectivity index (χ2n) is 8.41. The minimum atomic E-state index is -0.130. The van der Waals surface area contributed by atoms with Crippen molar-refractivity contribution in [2.45, 2.75) is 33.2 Å². The van der Waals surface area contributed by atoms with Crippen LogP contribution in [0.1, 0.15) is 53.7 Å². The molecule has 2 aromatic rings. The first kappa shape index (κ1) is 26.2. The zero-order valence-electron chi connectivity index (χ0n) is 18.8. The van der Waals surface area contributed by atoms with Crippen LogP contribution in [0.2, 0.25) is 0 Å². The largest absolute Gasteiger partial charge is 0.507 e. The van der Waals surface area contributed by atoms with Gasteiger partial charge in [-0.1, -0.05) is 45.0 Å². The lowest BCUT2D eigenvalue weighted by molar-refractivity contribution is 0.101. The van der Waals surface area contributed by atoms with Crippen molar-refractivity contribution >= 4 is 36.7 Å². The first-order valence-electron chi connectivity index (χ1n) is 10.8. The highest BCUT2D eigenvalue weighted by Gasteiger charge is 2.32. The Balaban J connectivity index is 0.00000181. The summed E-state index contributed by atoms with van der Waals surface area (Å²) in [5.41, 5.74) is 3.41. The van der Waals surface area contributed by atoms with E-state index in [1.165, 1.54) is 5.56 Å². The van der Waals surface area contributed by atoms with Crippen molar-refractivity contribution in [2.75, 3.05) is 32.7 Å². The van der Waals surface area contributed by atoms with E-state index in [0.717, 1.165) is 38.3 Å². The SMILES string of the molecule is CCN1CCN(Cc2c(O)ccc3c2O/C(=C\c2ccc(C(C)C)cc2)C3=O)CC1.Cl.Cl. The number of allylic oxidation sites excluding steroid dienone is 1. The molecule has 2 aliphatic rings. The molecule has 5 nitrogen and oxygen atoms in total. The van der Waals surface area contributed by atoms with Crippen LogP contribution < -0.4 is 4.74 Å². The van der Waals surface area contributed by atoms with Crippen molar-refractivity contribution in [2.24, 2.45) is 0 Å². The van der Waals surface area contributed by atoms with E-state index in [1.54, 1.807) is 18.2 Å². The summed E-state index contributed by atoms with van der Waals surface area (Å²) in [6.07, 6.45) is 1.79. The molecule has 2 heterocycles. The number of ether oxygens (including phenoxy) is 1. The number of rotatable bonds is 5. The number of hydrogen-bond acceptors (Lipinski definition) is 5. The summed E-state index contributed by atoms with van der Waals surface area (Å²) in [7, 11) is 0. The fraction of sp³-hybridized carbons (Fsp3) is 0.400. The van der Waals surface area contributed by atoms with Crippen molar-refractivity contribution in [1.82, 2.24) is 9.80 Å². The zero-order valence-corrected chi connectivity index (χ0v) is 20.5. The average molecular weight is 479 g/mol. The molecule has 0 aromatic heterocycles. The summed E-state index contributed by atoms with van der Waals surface area (Å²) in [5.74, 6) is 1.33. The Kier molecular flexibility index (Phi) is 9.17. The van der Waals surface area contributed by atoms with Crippen LogP contribution in [0.5, 0.6) is 11.5 Å². The van der Waals surface area contributed by atoms with Crippen LogP contribution >= 0.6 is 24.8 Å². The van der Waals surface area contributed by atoms with E-state index in [1.807, 2.05) is 12.1 Å². The fourth-order valence-electron chi connectivity index (χ4n) is 4.07. The van der Waals surface area contributed by atoms with Crippen LogP contribution in [0.25, 0.3) is 6.08 Å². The fourth-order valence-corrected chi connectivity index (χ4v) is 4.07. The van der Waals surface area contributed by atoms with Gasteiger partial charge in [0.1, 0.15) is 11.5 Å². The first-order valence-corrected chi connectivity index (χ1v) is 10.8. The van der Waals surface area contributed by atoms with Crippen LogP contribution in [0.15, 0.2) is 42.2 Å². The number of benzene rings is 2. The molecule has 2 aliphatic heterocycles. The second-order valence-corrected chi connectivity index (χ2v) is 8.41. The molecule has 174 valence electrons. The predicted molar refractivity (Wildman–Crippen MR) is 133 cm³/mol. The van der Waals surface area contributed by atoms with Gasteiger partial charge < -0.3 is 14.7 Å². The highest BCUT2D eigenvalue weighted by Crippen LogP contribution is 2.40. The number of Topliss-reactive ketones (excluding diaryl/α,β-unsaturated/α-hetero) is 1. The summed E-state index contributed by atoms with van der Waals surface area (Å²) in [4.78, 5) is 17.6. The van der Waals surface area contributed by atoms with Crippen molar-refractivity contribution < 1.29 is 14.6 Å². The molecule has 4 rings (SSSR count). The van der Waals surface area contributed by atoms with E-state index in [9.17, 15) is 9.90 Å². The minimum absolute atomic E-state index is 0. The van der Waals surface area contributed by atoms with Gasteiger partial charge in [-0.15, -0.1) is 24.8 Å². The number of phenols is 1. The van der Waals surface area contributed by atoms with Crippen LogP contribution in [0, 0.1) is 0 Å². The third-order valence-corrected chi connectivity index (χ3v) is 6.11. The lowest BCUT2D eigenvalue weighted by Gasteiger charge is -2.34. The van der Waals surface area contributed by atoms with Crippen LogP contribution in [0.3, 0.4) is 0 Å². The molecule has 2 aromatic carbocycles. The van der Waals surface area contributed by atoms with Gasteiger partial charge in [0.2, 0.25) is 5.78 Å². The van der Waals surface area contributed by atoms with Gasteiger partial charge in [-0.2, -0.15) is 0 Å². The maximum absolute atomic E-state index is 12.9. The maximum atomic E-state index is 12.9. The number of hydrogen-bond donors (Lipinski definition) is 1. The van der Waals surface area contributed by atoms with Crippen molar-refractivity contribution in [3.8, 4) is 11.5 Å². The number of likely N-dealkylation sites (N-methyl/N-ethyl adjacent to an activating group) is 1. The Labute approximate surface area is 202 Å². The lowest BCUT2D eigenvalue weighted by atomic mass is 10.0. The molecule has 0 amide bonds. The molecular formula is C25H32Cl2N2O3. The van der Waals surface area contributed by atoms with E-state index in [0.29, 0.717) is 35.1 Å². The number of nitrogens with zero attached hydrogens (tertiary/aromatic N) is 2. The maximum Gasteiger partial charge on any atom is 0.231 e. The smallest absolute Gasteiger partial charge is 0.231 e. The first-order chi connectivity index (χ1) is 14.5. The molecule has 32 heavy (non-hydrogen) atoms. The number of carbonyl (C=O) groups excluding carboxylic acids is 1. The number of fused-ring (bicyclic) bond motifs is 1.